The lowest BCUT2D eigenvalue weighted by atomic mass is 10.1. The fraction of sp³-hybridized carbons (Fsp3) is 0.222. The van der Waals surface area contributed by atoms with Crippen molar-refractivity contribution in [1.29, 1.82) is 0 Å². The number of thiophene rings is 1. The Bertz CT molecular complexity index is 1290. The molecule has 0 N–H and O–H groups in total. The molecule has 8 heteroatoms. The van der Waals surface area contributed by atoms with E-state index in [9.17, 15) is 14.0 Å². The minimum atomic E-state index is -0.317. The summed E-state index contributed by atoms with van der Waals surface area (Å²) in [5.41, 5.74) is 3.16. The molecule has 2 aromatic carbocycles. The van der Waals surface area contributed by atoms with Crippen LogP contribution in [-0.2, 0) is 17.8 Å². The number of carbonyl (C=O) groups excluding carboxylic acids is 2. The molecule has 2 aromatic heterocycles. The van der Waals surface area contributed by atoms with Crippen LogP contribution in [0.2, 0.25) is 0 Å². The summed E-state index contributed by atoms with van der Waals surface area (Å²) in [6, 6.07) is 19.9. The molecule has 1 fully saturated rings. The number of hydrogen-bond donors (Lipinski definition) is 0. The number of piperazine rings is 1. The summed E-state index contributed by atoms with van der Waals surface area (Å²) in [6.45, 7) is 2.44. The molecule has 3 heterocycles. The van der Waals surface area contributed by atoms with E-state index in [1.165, 1.54) is 12.1 Å². The van der Waals surface area contributed by atoms with E-state index in [0.717, 1.165) is 16.0 Å². The Morgan fingerprint density at radius 2 is 1.57 bits per heavy atom. The van der Waals surface area contributed by atoms with E-state index in [1.54, 1.807) is 33.3 Å². The van der Waals surface area contributed by atoms with Gasteiger partial charge in [0.1, 0.15) is 11.5 Å². The lowest BCUT2D eigenvalue weighted by Gasteiger charge is -2.34. The van der Waals surface area contributed by atoms with Crippen LogP contribution in [0.4, 0.5) is 4.39 Å². The van der Waals surface area contributed by atoms with Gasteiger partial charge in [0.05, 0.1) is 23.4 Å². The second-order valence-corrected chi connectivity index (χ2v) is 9.48. The van der Waals surface area contributed by atoms with Gasteiger partial charge in [-0.1, -0.05) is 48.5 Å². The Labute approximate surface area is 207 Å². The fourth-order valence-corrected chi connectivity index (χ4v) is 4.97. The van der Waals surface area contributed by atoms with E-state index < -0.39 is 0 Å². The zero-order chi connectivity index (χ0) is 24.2. The second kappa shape index (κ2) is 10.2. The molecule has 6 nitrogen and oxygen atoms in total. The molecular formula is C27H25FN4O2S. The number of amides is 2. The minimum Gasteiger partial charge on any atom is -0.339 e. The maximum atomic E-state index is 13.5. The van der Waals surface area contributed by atoms with Gasteiger partial charge in [0, 0.05) is 32.4 Å². The van der Waals surface area contributed by atoms with Gasteiger partial charge in [0.15, 0.2) is 0 Å². The molecule has 1 aliphatic heterocycles. The molecule has 4 aromatic rings. The lowest BCUT2D eigenvalue weighted by molar-refractivity contribution is -0.131. The van der Waals surface area contributed by atoms with Crippen LogP contribution in [0.1, 0.15) is 21.5 Å². The summed E-state index contributed by atoms with van der Waals surface area (Å²) in [7, 11) is 0. The third-order valence-corrected chi connectivity index (χ3v) is 7.00. The van der Waals surface area contributed by atoms with Gasteiger partial charge in [0.25, 0.3) is 5.91 Å². The summed E-state index contributed by atoms with van der Waals surface area (Å²) in [5, 5.41) is 6.73. The quantitative estimate of drug-likeness (QED) is 0.406. The predicted molar refractivity (Wildman–Crippen MR) is 134 cm³/mol. The maximum absolute atomic E-state index is 13.5. The number of nitrogens with zero attached hydrogens (tertiary/aromatic N) is 4. The molecule has 178 valence electrons. The monoisotopic (exact) mass is 488 g/mol. The van der Waals surface area contributed by atoms with E-state index in [4.69, 9.17) is 5.10 Å². The average Bonchev–Trinajstić information content (AvgIpc) is 3.56. The highest BCUT2D eigenvalue weighted by molar-refractivity contribution is 7.13. The zero-order valence-electron chi connectivity index (χ0n) is 19.1. The van der Waals surface area contributed by atoms with Gasteiger partial charge < -0.3 is 9.80 Å². The normalized spacial score (nSPS) is 13.7. The zero-order valence-corrected chi connectivity index (χ0v) is 20.0. The van der Waals surface area contributed by atoms with Gasteiger partial charge >= 0.3 is 0 Å². The van der Waals surface area contributed by atoms with Crippen LogP contribution < -0.4 is 0 Å². The molecule has 5 rings (SSSR count). The highest BCUT2D eigenvalue weighted by Crippen LogP contribution is 2.28. The first kappa shape index (κ1) is 23.0. The molecule has 0 atom stereocenters. The SMILES string of the molecule is O=C(Cc1ccc(F)cc1)N1CCN(C(=O)c2cn(Cc3ccccc3)nc2-c2cccs2)CC1. The van der Waals surface area contributed by atoms with Crippen molar-refractivity contribution in [3.05, 3.63) is 101 Å². The van der Waals surface area contributed by atoms with Gasteiger partial charge in [-0.3, -0.25) is 14.3 Å². The Morgan fingerprint density at radius 3 is 2.26 bits per heavy atom. The van der Waals surface area contributed by atoms with Crippen LogP contribution in [0.5, 0.6) is 0 Å². The second-order valence-electron chi connectivity index (χ2n) is 8.53. The topological polar surface area (TPSA) is 58.4 Å². The Morgan fingerprint density at radius 1 is 0.857 bits per heavy atom. The molecule has 1 aliphatic rings. The van der Waals surface area contributed by atoms with Gasteiger partial charge in [-0.2, -0.15) is 5.10 Å². The predicted octanol–water partition coefficient (Wildman–Crippen LogP) is 4.33. The van der Waals surface area contributed by atoms with E-state index in [0.29, 0.717) is 44.0 Å². The summed E-state index contributed by atoms with van der Waals surface area (Å²) in [4.78, 5) is 30.7. The van der Waals surface area contributed by atoms with Crippen LogP contribution >= 0.6 is 11.3 Å². The van der Waals surface area contributed by atoms with Crippen molar-refractivity contribution >= 4 is 23.2 Å². The van der Waals surface area contributed by atoms with E-state index in [1.807, 2.05) is 58.7 Å². The number of rotatable bonds is 6. The van der Waals surface area contributed by atoms with Gasteiger partial charge in [-0.05, 0) is 34.7 Å². The summed E-state index contributed by atoms with van der Waals surface area (Å²) >= 11 is 1.56. The first-order chi connectivity index (χ1) is 17.1. The van der Waals surface area contributed by atoms with E-state index in [2.05, 4.69) is 0 Å². The number of benzene rings is 2. The number of halogens is 1. The van der Waals surface area contributed by atoms with Crippen molar-refractivity contribution in [2.45, 2.75) is 13.0 Å². The van der Waals surface area contributed by atoms with Gasteiger partial charge in [-0.15, -0.1) is 11.3 Å². The molecule has 1 saturated heterocycles. The minimum absolute atomic E-state index is 0.0151. The van der Waals surface area contributed by atoms with E-state index >= 15 is 0 Å². The van der Waals surface area contributed by atoms with Crippen molar-refractivity contribution in [2.75, 3.05) is 26.2 Å². The molecule has 0 saturated carbocycles. The van der Waals surface area contributed by atoms with Crippen LogP contribution in [0.15, 0.2) is 78.3 Å². The van der Waals surface area contributed by atoms with Crippen LogP contribution in [0, 0.1) is 5.82 Å². The van der Waals surface area contributed by atoms with Crippen LogP contribution in [0.25, 0.3) is 10.6 Å². The first-order valence-corrected chi connectivity index (χ1v) is 12.4. The van der Waals surface area contributed by atoms with Crippen LogP contribution in [-0.4, -0.2) is 57.6 Å². The molecule has 0 radical (unpaired) electrons. The molecule has 0 unspecified atom stereocenters. The number of carbonyl (C=O) groups is 2. The highest BCUT2D eigenvalue weighted by atomic mass is 32.1. The number of hydrogen-bond acceptors (Lipinski definition) is 4. The molecular weight excluding hydrogens is 463 g/mol. The van der Waals surface area contributed by atoms with Crippen molar-refractivity contribution < 1.29 is 14.0 Å². The Balaban J connectivity index is 1.27. The van der Waals surface area contributed by atoms with Crippen molar-refractivity contribution in [3.63, 3.8) is 0 Å². The molecule has 0 bridgehead atoms. The van der Waals surface area contributed by atoms with Gasteiger partial charge in [0.2, 0.25) is 5.91 Å². The summed E-state index contributed by atoms with van der Waals surface area (Å²) in [5.74, 6) is -0.403. The Hall–Kier alpha value is -3.78. The van der Waals surface area contributed by atoms with Crippen molar-refractivity contribution in [2.24, 2.45) is 0 Å². The molecule has 0 spiro atoms. The fourth-order valence-electron chi connectivity index (χ4n) is 4.24. The Kier molecular flexibility index (Phi) is 6.72. The average molecular weight is 489 g/mol. The smallest absolute Gasteiger partial charge is 0.257 e. The summed E-state index contributed by atoms with van der Waals surface area (Å²) in [6.07, 6.45) is 2.06. The summed E-state index contributed by atoms with van der Waals surface area (Å²) < 4.78 is 14.9. The van der Waals surface area contributed by atoms with Crippen LogP contribution in [0.3, 0.4) is 0 Å². The lowest BCUT2D eigenvalue weighted by Crippen LogP contribution is -2.51. The molecule has 2 amide bonds. The first-order valence-electron chi connectivity index (χ1n) is 11.5. The van der Waals surface area contributed by atoms with Gasteiger partial charge in [-0.25, -0.2) is 4.39 Å². The standard InChI is InChI=1S/C27H25FN4O2S/c28-22-10-8-20(9-11-22)17-25(33)30-12-14-31(15-13-30)27(34)23-19-32(18-21-5-2-1-3-6-21)29-26(23)24-7-4-16-35-24/h1-11,16,19H,12-15,17-18H2. The molecule has 0 aliphatic carbocycles. The van der Waals surface area contributed by atoms with Crippen molar-refractivity contribution in [3.8, 4) is 10.6 Å². The third kappa shape index (κ3) is 5.33. The molecule has 35 heavy (non-hydrogen) atoms. The highest BCUT2D eigenvalue weighted by Gasteiger charge is 2.28. The largest absolute Gasteiger partial charge is 0.339 e. The van der Waals surface area contributed by atoms with Crippen molar-refractivity contribution in [1.82, 2.24) is 19.6 Å². The van der Waals surface area contributed by atoms with E-state index in [-0.39, 0.29) is 24.1 Å². The number of aromatic nitrogens is 2. The third-order valence-electron chi connectivity index (χ3n) is 6.12. The maximum Gasteiger partial charge on any atom is 0.257 e.